The highest BCUT2D eigenvalue weighted by Crippen LogP contribution is 2.24. The molecule has 1 saturated heterocycles. The number of nitrogens with one attached hydrogen (secondary N) is 2. The van der Waals surface area contributed by atoms with Crippen LogP contribution in [0.4, 0.5) is 0 Å². The van der Waals surface area contributed by atoms with E-state index >= 15 is 0 Å². The number of esters is 1. The number of hydrogen-bond donors (Lipinski definition) is 2. The van der Waals surface area contributed by atoms with Gasteiger partial charge in [-0.2, -0.15) is 0 Å². The molecule has 1 aliphatic rings. The molecule has 1 amide bonds. The Morgan fingerprint density at radius 2 is 1.92 bits per heavy atom. The number of carbonyl (C=O) groups is 2. The molecule has 5 heteroatoms. The molecular weight excluding hydrogens is 328 g/mol. The van der Waals surface area contributed by atoms with E-state index in [9.17, 15) is 9.59 Å². The number of amides is 1. The Balaban J connectivity index is 1.96. The van der Waals surface area contributed by atoms with Crippen molar-refractivity contribution in [1.82, 2.24) is 10.6 Å². The fraction of sp³-hybridized carbons (Fsp3) is 0.619. The van der Waals surface area contributed by atoms with Crippen molar-refractivity contribution in [2.75, 3.05) is 13.1 Å². The number of benzene rings is 1. The molecule has 2 rings (SSSR count). The predicted octanol–water partition coefficient (Wildman–Crippen LogP) is 3.21. The minimum atomic E-state index is -0.355. The second-order valence-electron chi connectivity index (χ2n) is 7.56. The maximum Gasteiger partial charge on any atom is 0.308 e. The van der Waals surface area contributed by atoms with E-state index in [1.807, 2.05) is 44.2 Å². The maximum absolute atomic E-state index is 12.6. The number of hydrogen-bond acceptors (Lipinski definition) is 4. The smallest absolute Gasteiger partial charge is 0.308 e. The van der Waals surface area contributed by atoms with Gasteiger partial charge in [0.2, 0.25) is 5.91 Å². The number of piperidine rings is 1. The summed E-state index contributed by atoms with van der Waals surface area (Å²) in [5, 5.41) is 6.45. The molecule has 0 spiro atoms. The summed E-state index contributed by atoms with van der Waals surface area (Å²) in [6.07, 6.45) is 2.81. The van der Waals surface area contributed by atoms with Crippen LogP contribution in [0.2, 0.25) is 0 Å². The Morgan fingerprint density at radius 3 is 2.54 bits per heavy atom. The molecule has 1 aromatic rings. The third-order valence-electron chi connectivity index (χ3n) is 4.92. The molecule has 0 aliphatic carbocycles. The van der Waals surface area contributed by atoms with Gasteiger partial charge in [-0.05, 0) is 57.2 Å². The van der Waals surface area contributed by atoms with Crippen LogP contribution in [0.25, 0.3) is 0 Å². The van der Waals surface area contributed by atoms with Gasteiger partial charge in [0, 0.05) is 6.42 Å². The number of carbonyl (C=O) groups excluding carboxylic acids is 2. The monoisotopic (exact) mass is 360 g/mol. The molecule has 1 aromatic carbocycles. The topological polar surface area (TPSA) is 67.4 Å². The normalized spacial score (nSPS) is 19.6. The lowest BCUT2D eigenvalue weighted by atomic mass is 9.85. The number of rotatable bonds is 8. The van der Waals surface area contributed by atoms with Gasteiger partial charge in [0.1, 0.15) is 0 Å². The molecular formula is C21H32N2O3. The third-order valence-corrected chi connectivity index (χ3v) is 4.92. The third kappa shape index (κ3) is 6.79. The molecule has 0 aromatic heterocycles. The van der Waals surface area contributed by atoms with Crippen molar-refractivity contribution in [3.63, 3.8) is 0 Å². The summed E-state index contributed by atoms with van der Waals surface area (Å²) in [6, 6.07) is 9.26. The zero-order valence-electron chi connectivity index (χ0n) is 16.2. The first-order chi connectivity index (χ1) is 12.5. The van der Waals surface area contributed by atoms with Gasteiger partial charge in [0.25, 0.3) is 0 Å². The quantitative estimate of drug-likeness (QED) is 0.699. The lowest BCUT2D eigenvalue weighted by Crippen LogP contribution is -2.37. The molecule has 0 bridgehead atoms. The van der Waals surface area contributed by atoms with Gasteiger partial charge < -0.3 is 15.4 Å². The summed E-state index contributed by atoms with van der Waals surface area (Å²) >= 11 is 0. The van der Waals surface area contributed by atoms with Crippen molar-refractivity contribution in [2.24, 2.45) is 11.8 Å². The summed E-state index contributed by atoms with van der Waals surface area (Å²) in [4.78, 5) is 24.7. The van der Waals surface area contributed by atoms with Gasteiger partial charge in [-0.25, -0.2) is 0 Å². The van der Waals surface area contributed by atoms with Gasteiger partial charge >= 0.3 is 5.97 Å². The molecule has 1 heterocycles. The van der Waals surface area contributed by atoms with Crippen LogP contribution in [0, 0.1) is 11.8 Å². The largest absolute Gasteiger partial charge is 0.463 e. The van der Waals surface area contributed by atoms with E-state index in [1.165, 1.54) is 12.8 Å². The molecule has 144 valence electrons. The summed E-state index contributed by atoms with van der Waals surface area (Å²) in [5.41, 5.74) is 0.925. The van der Waals surface area contributed by atoms with Gasteiger partial charge in [-0.15, -0.1) is 0 Å². The van der Waals surface area contributed by atoms with Crippen molar-refractivity contribution in [2.45, 2.75) is 58.6 Å². The van der Waals surface area contributed by atoms with Gasteiger partial charge in [-0.3, -0.25) is 9.59 Å². The highest BCUT2D eigenvalue weighted by atomic mass is 16.5. The number of ether oxygens (including phenoxy) is 1. The van der Waals surface area contributed by atoms with Crippen LogP contribution in [0.15, 0.2) is 30.3 Å². The summed E-state index contributed by atoms with van der Waals surface area (Å²) in [6.45, 7) is 7.85. The van der Waals surface area contributed by atoms with Crippen molar-refractivity contribution >= 4 is 11.9 Å². The standard InChI is InChI=1S/C21H32N2O3/c1-15(2)26-21(25)13-19(17-8-5-4-6-9-17)23-20(24)12-16(3)18-10-7-11-22-14-18/h4-6,8-9,15-16,18-19,22H,7,10-14H2,1-3H3,(H,23,24). The SMILES string of the molecule is CC(C)OC(=O)CC(NC(=O)CC(C)C1CCCNC1)c1ccccc1. The van der Waals surface area contributed by atoms with Gasteiger partial charge in [0.05, 0.1) is 18.6 Å². The maximum atomic E-state index is 12.6. The van der Waals surface area contributed by atoms with Crippen LogP contribution < -0.4 is 10.6 Å². The van der Waals surface area contributed by atoms with Crippen LogP contribution in [0.1, 0.15) is 58.1 Å². The van der Waals surface area contributed by atoms with Gasteiger partial charge in [-0.1, -0.05) is 37.3 Å². The highest BCUT2D eigenvalue weighted by molar-refractivity contribution is 5.78. The summed E-state index contributed by atoms with van der Waals surface area (Å²) in [5.74, 6) is 0.561. The van der Waals surface area contributed by atoms with E-state index in [-0.39, 0.29) is 30.4 Å². The van der Waals surface area contributed by atoms with Crippen molar-refractivity contribution < 1.29 is 14.3 Å². The average Bonchev–Trinajstić information content (AvgIpc) is 2.62. The second kappa shape index (κ2) is 10.3. The van der Waals surface area contributed by atoms with Crippen LogP contribution in [0.5, 0.6) is 0 Å². The fourth-order valence-corrected chi connectivity index (χ4v) is 3.49. The fourth-order valence-electron chi connectivity index (χ4n) is 3.49. The van der Waals surface area contributed by atoms with E-state index in [1.54, 1.807) is 0 Å². The Bertz CT molecular complexity index is 568. The Labute approximate surface area is 156 Å². The van der Waals surface area contributed by atoms with E-state index < -0.39 is 0 Å². The van der Waals surface area contributed by atoms with Crippen LogP contribution in [-0.4, -0.2) is 31.1 Å². The molecule has 2 N–H and O–H groups in total. The van der Waals surface area contributed by atoms with E-state index in [0.29, 0.717) is 18.3 Å². The van der Waals surface area contributed by atoms with Crippen LogP contribution in [-0.2, 0) is 14.3 Å². The van der Waals surface area contributed by atoms with Crippen molar-refractivity contribution in [3.8, 4) is 0 Å². The summed E-state index contributed by atoms with van der Waals surface area (Å²) < 4.78 is 5.26. The molecule has 26 heavy (non-hydrogen) atoms. The van der Waals surface area contributed by atoms with Crippen LogP contribution in [0.3, 0.4) is 0 Å². The Kier molecular flexibility index (Phi) is 8.10. The average molecular weight is 360 g/mol. The zero-order valence-corrected chi connectivity index (χ0v) is 16.2. The Hall–Kier alpha value is -1.88. The molecule has 1 fully saturated rings. The molecule has 1 aliphatic heterocycles. The lowest BCUT2D eigenvalue weighted by molar-refractivity contribution is -0.148. The molecule has 3 atom stereocenters. The van der Waals surface area contributed by atoms with Crippen molar-refractivity contribution in [3.05, 3.63) is 35.9 Å². The molecule has 0 saturated carbocycles. The first kappa shape index (κ1) is 20.4. The van der Waals surface area contributed by atoms with Crippen molar-refractivity contribution in [1.29, 1.82) is 0 Å². The predicted molar refractivity (Wildman–Crippen MR) is 103 cm³/mol. The minimum Gasteiger partial charge on any atom is -0.463 e. The Morgan fingerprint density at radius 1 is 1.19 bits per heavy atom. The summed E-state index contributed by atoms with van der Waals surface area (Å²) in [7, 11) is 0. The lowest BCUT2D eigenvalue weighted by Gasteiger charge is -2.28. The first-order valence-electron chi connectivity index (χ1n) is 9.70. The zero-order chi connectivity index (χ0) is 18.9. The molecule has 0 radical (unpaired) electrons. The second-order valence-corrected chi connectivity index (χ2v) is 7.56. The minimum absolute atomic E-state index is 0.00530. The first-order valence-corrected chi connectivity index (χ1v) is 9.70. The molecule has 5 nitrogen and oxygen atoms in total. The van der Waals surface area contributed by atoms with Gasteiger partial charge in [0.15, 0.2) is 0 Å². The van der Waals surface area contributed by atoms with E-state index in [0.717, 1.165) is 18.7 Å². The van der Waals surface area contributed by atoms with Crippen LogP contribution >= 0.6 is 0 Å². The van der Waals surface area contributed by atoms with E-state index in [2.05, 4.69) is 17.6 Å². The highest BCUT2D eigenvalue weighted by Gasteiger charge is 2.24. The molecule has 3 unspecified atom stereocenters. The van der Waals surface area contributed by atoms with E-state index in [4.69, 9.17) is 4.74 Å².